The van der Waals surface area contributed by atoms with Crippen LogP contribution in [0, 0.1) is 5.92 Å². The van der Waals surface area contributed by atoms with Crippen LogP contribution in [0.1, 0.15) is 32.2 Å². The molecule has 1 saturated carbocycles. The summed E-state index contributed by atoms with van der Waals surface area (Å²) < 4.78 is 37.8. The Hall–Kier alpha value is -3.18. The van der Waals surface area contributed by atoms with E-state index in [9.17, 15) is 9.36 Å². The molecule has 38 heavy (non-hydrogen) atoms. The van der Waals surface area contributed by atoms with Gasteiger partial charge in [0.25, 0.3) is 0 Å². The number of nitrogen functional groups attached to an aromatic ring is 1. The van der Waals surface area contributed by atoms with Gasteiger partial charge in [-0.3, -0.25) is 9.32 Å². The highest BCUT2D eigenvalue weighted by Crippen LogP contribution is 2.46. The van der Waals surface area contributed by atoms with Crippen LogP contribution in [0.25, 0.3) is 11.2 Å². The van der Waals surface area contributed by atoms with E-state index in [1.807, 2.05) is 16.7 Å². The van der Waals surface area contributed by atoms with E-state index < -0.39 is 19.8 Å². The summed E-state index contributed by atoms with van der Waals surface area (Å²) in [4.78, 5) is 25.2. The lowest BCUT2D eigenvalue weighted by molar-refractivity contribution is -0.146. The van der Waals surface area contributed by atoms with E-state index in [0.29, 0.717) is 28.5 Å². The number of halogens is 1. The maximum Gasteiger partial charge on any atom is 0.459 e. The third-order valence-electron chi connectivity index (χ3n) is 6.12. The van der Waals surface area contributed by atoms with E-state index in [1.165, 1.54) is 7.11 Å². The fourth-order valence-corrected chi connectivity index (χ4v) is 5.71. The molecule has 0 bridgehead atoms. The van der Waals surface area contributed by atoms with Crippen molar-refractivity contribution >= 4 is 42.4 Å². The Morgan fingerprint density at radius 1 is 1.26 bits per heavy atom. The molecule has 12 nitrogen and oxygen atoms in total. The molecular formula is C24H28ClN6O6P. The first kappa shape index (κ1) is 26.4. The van der Waals surface area contributed by atoms with E-state index in [4.69, 9.17) is 35.9 Å². The van der Waals surface area contributed by atoms with Gasteiger partial charge < -0.3 is 24.3 Å². The van der Waals surface area contributed by atoms with Gasteiger partial charge in [-0.2, -0.15) is 15.1 Å². The van der Waals surface area contributed by atoms with Crippen LogP contribution < -0.4 is 20.1 Å². The van der Waals surface area contributed by atoms with Crippen LogP contribution in [0.3, 0.4) is 0 Å². The summed E-state index contributed by atoms with van der Waals surface area (Å²) in [5.41, 5.74) is 6.89. The first-order valence-electron chi connectivity index (χ1n) is 12.1. The maximum atomic E-state index is 13.8. The van der Waals surface area contributed by atoms with E-state index in [-0.39, 0.29) is 36.4 Å². The zero-order valence-electron chi connectivity index (χ0n) is 20.8. The number of ether oxygens (including phenoxy) is 2. The third-order valence-corrected chi connectivity index (χ3v) is 8.01. The molecule has 2 heterocycles. The second kappa shape index (κ2) is 10.9. The molecule has 0 aliphatic heterocycles. The molecule has 2 aliphatic rings. The van der Waals surface area contributed by atoms with E-state index >= 15 is 0 Å². The second-order valence-electron chi connectivity index (χ2n) is 9.19. The van der Waals surface area contributed by atoms with Crippen molar-refractivity contribution in [1.82, 2.24) is 24.6 Å². The minimum atomic E-state index is -3.98. The first-order valence-corrected chi connectivity index (χ1v) is 14.1. The molecule has 2 aromatic heterocycles. The van der Waals surface area contributed by atoms with Crippen LogP contribution in [0.5, 0.6) is 11.6 Å². The summed E-state index contributed by atoms with van der Waals surface area (Å²) in [6.45, 7) is 1.63. The van der Waals surface area contributed by atoms with Crippen molar-refractivity contribution in [3.05, 3.63) is 47.8 Å². The molecule has 3 aromatic rings. The Morgan fingerprint density at radius 3 is 2.74 bits per heavy atom. The average Bonchev–Trinajstić information content (AvgIpc) is 3.40. The van der Waals surface area contributed by atoms with Crippen LogP contribution in [0.4, 0.5) is 5.95 Å². The van der Waals surface area contributed by atoms with E-state index in [1.54, 1.807) is 37.5 Å². The second-order valence-corrected chi connectivity index (χ2v) is 11.3. The van der Waals surface area contributed by atoms with Crippen molar-refractivity contribution in [2.45, 2.75) is 44.4 Å². The van der Waals surface area contributed by atoms with Gasteiger partial charge in [-0.25, -0.2) is 9.55 Å². The number of fused-ring (bicyclic) bond motifs is 1. The fourth-order valence-electron chi connectivity index (χ4n) is 4.03. The van der Waals surface area contributed by atoms with Gasteiger partial charge in [0.1, 0.15) is 17.9 Å². The van der Waals surface area contributed by atoms with Crippen LogP contribution in [0.2, 0.25) is 5.02 Å². The molecule has 2 aliphatic carbocycles. The number of nitrogens with one attached hydrogen (secondary N) is 1. The van der Waals surface area contributed by atoms with Gasteiger partial charge in [-0.15, -0.1) is 0 Å². The van der Waals surface area contributed by atoms with E-state index in [0.717, 1.165) is 12.8 Å². The maximum absolute atomic E-state index is 13.8. The van der Waals surface area contributed by atoms with Gasteiger partial charge in [0.15, 0.2) is 11.2 Å². The van der Waals surface area contributed by atoms with Gasteiger partial charge in [0, 0.05) is 10.9 Å². The number of aromatic nitrogens is 4. The molecule has 3 N–H and O–H groups in total. The van der Waals surface area contributed by atoms with Crippen LogP contribution >= 0.6 is 19.3 Å². The number of hydrogen-bond acceptors (Lipinski definition) is 10. The van der Waals surface area contributed by atoms with Crippen molar-refractivity contribution < 1.29 is 27.9 Å². The van der Waals surface area contributed by atoms with Gasteiger partial charge in [0.2, 0.25) is 11.8 Å². The summed E-state index contributed by atoms with van der Waals surface area (Å²) in [6, 6.07) is 5.37. The lowest BCUT2D eigenvalue weighted by atomic mass is 10.1. The monoisotopic (exact) mass is 562 g/mol. The number of esters is 1. The van der Waals surface area contributed by atoms with Crippen molar-refractivity contribution in [3.63, 3.8) is 0 Å². The SMILES string of the molecule is COc1nc(N)nc2c1ncn2[C@H]1C=C[C@@H](COP(=O)(N[C@@H](C)C(=O)OC2CC2)Oc2ccc(Cl)cc2)C1. The molecule has 1 unspecified atom stereocenters. The Kier molecular flexibility index (Phi) is 7.58. The number of carbonyl (C=O) groups excluding carboxylic acids is 1. The number of nitrogens with zero attached hydrogens (tertiary/aromatic N) is 4. The Balaban J connectivity index is 1.27. The predicted molar refractivity (Wildman–Crippen MR) is 140 cm³/mol. The molecule has 5 rings (SSSR count). The van der Waals surface area contributed by atoms with Gasteiger partial charge in [0.05, 0.1) is 26.1 Å². The largest absolute Gasteiger partial charge is 0.479 e. The Bertz CT molecular complexity index is 1400. The normalized spacial score (nSPS) is 21.2. The molecule has 0 radical (unpaired) electrons. The number of rotatable bonds is 11. The Morgan fingerprint density at radius 2 is 2.03 bits per heavy atom. The molecule has 1 fully saturated rings. The number of imidazole rings is 1. The average molecular weight is 563 g/mol. The first-order chi connectivity index (χ1) is 18.2. The van der Waals surface area contributed by atoms with Gasteiger partial charge in [-0.05, 0) is 50.5 Å². The Labute approximate surface area is 224 Å². The number of methoxy groups -OCH3 is 1. The number of carbonyl (C=O) groups is 1. The highest BCUT2D eigenvalue weighted by atomic mass is 35.5. The topological polar surface area (TPSA) is 153 Å². The van der Waals surface area contributed by atoms with Crippen molar-refractivity contribution in [1.29, 1.82) is 0 Å². The lowest BCUT2D eigenvalue weighted by Gasteiger charge is -2.24. The summed E-state index contributed by atoms with van der Waals surface area (Å²) in [5.74, 6) is 0.0492. The zero-order chi connectivity index (χ0) is 26.9. The molecule has 0 saturated heterocycles. The van der Waals surface area contributed by atoms with Gasteiger partial charge >= 0.3 is 13.7 Å². The fraction of sp³-hybridized carbons (Fsp3) is 0.417. The van der Waals surface area contributed by atoms with Crippen LogP contribution in [-0.2, 0) is 18.6 Å². The lowest BCUT2D eigenvalue weighted by Crippen LogP contribution is -2.35. The summed E-state index contributed by atoms with van der Waals surface area (Å²) in [7, 11) is -2.48. The molecule has 14 heteroatoms. The zero-order valence-corrected chi connectivity index (χ0v) is 22.5. The molecule has 0 amide bonds. The number of benzene rings is 1. The molecule has 202 valence electrons. The summed E-state index contributed by atoms with van der Waals surface area (Å²) in [6.07, 6.45) is 7.83. The molecule has 1 aromatic carbocycles. The van der Waals surface area contributed by atoms with Gasteiger partial charge in [-0.1, -0.05) is 23.8 Å². The highest BCUT2D eigenvalue weighted by molar-refractivity contribution is 7.52. The standard InChI is InChI=1S/C24H28ClN6O6P/c1-14(23(32)36-18-9-10-18)30-38(33,37-19-7-4-16(25)5-8-19)35-12-15-3-6-17(11-15)31-13-27-20-21(31)28-24(26)29-22(20)34-2/h3-8,13-15,17-18H,9-12H2,1-2H3,(H,30,33)(H2,26,28,29)/t14-,15+,17-,38?/m0/s1. The highest BCUT2D eigenvalue weighted by Gasteiger charge is 2.36. The smallest absolute Gasteiger partial charge is 0.459 e. The van der Waals surface area contributed by atoms with Crippen LogP contribution in [0.15, 0.2) is 42.7 Å². The number of anilines is 1. The number of hydrogen-bond donors (Lipinski definition) is 2. The minimum Gasteiger partial charge on any atom is -0.479 e. The number of nitrogens with two attached hydrogens (primary N) is 1. The third kappa shape index (κ3) is 6.10. The van der Waals surface area contributed by atoms with E-state index in [2.05, 4.69) is 20.0 Å². The van der Waals surface area contributed by atoms with Crippen molar-refractivity contribution in [2.75, 3.05) is 19.5 Å². The molecular weight excluding hydrogens is 535 g/mol. The molecule has 4 atom stereocenters. The summed E-state index contributed by atoms with van der Waals surface area (Å²) in [5, 5.41) is 3.22. The van der Waals surface area contributed by atoms with Crippen molar-refractivity contribution in [2.24, 2.45) is 5.92 Å². The molecule has 0 spiro atoms. The predicted octanol–water partition coefficient (Wildman–Crippen LogP) is 4.08. The van der Waals surface area contributed by atoms with Crippen molar-refractivity contribution in [3.8, 4) is 11.6 Å². The quantitative estimate of drug-likeness (QED) is 0.197. The van der Waals surface area contributed by atoms with Crippen LogP contribution in [-0.4, -0.2) is 51.4 Å². The number of allylic oxidation sites excluding steroid dienone is 1. The summed E-state index contributed by atoms with van der Waals surface area (Å²) >= 11 is 5.96. The minimum absolute atomic E-state index is 0.0718.